The van der Waals surface area contributed by atoms with Gasteiger partial charge in [-0.05, 0) is 0 Å². The lowest BCUT2D eigenvalue weighted by Crippen LogP contribution is -2.18. The maximum atomic E-state index is 11.4. The van der Waals surface area contributed by atoms with Gasteiger partial charge in [0, 0.05) is 0 Å². The zero-order chi connectivity index (χ0) is 13.7. The van der Waals surface area contributed by atoms with Crippen molar-refractivity contribution < 1.29 is 42.8 Å². The van der Waals surface area contributed by atoms with Crippen LogP contribution in [0.5, 0.6) is 0 Å². The van der Waals surface area contributed by atoms with Crippen molar-refractivity contribution in [1.29, 1.82) is 0 Å². The normalized spacial score (nSPS) is 11.5. The largest absolute Gasteiger partial charge is 0.384 e. The number of rotatable bonds is 6. The summed E-state index contributed by atoms with van der Waals surface area (Å²) in [6.45, 7) is 0. The van der Waals surface area contributed by atoms with Crippen molar-refractivity contribution >= 4 is 20.2 Å². The summed E-state index contributed by atoms with van der Waals surface area (Å²) in [7, 11) is -9.85. The van der Waals surface area contributed by atoms with Crippen LogP contribution in [0.3, 0.4) is 0 Å². The van der Waals surface area contributed by atoms with E-state index in [1.165, 1.54) is 0 Å². The molecule has 0 saturated carbocycles. The van der Waals surface area contributed by atoms with Crippen molar-refractivity contribution in [3.8, 4) is 0 Å². The van der Waals surface area contributed by atoms with Crippen LogP contribution in [0.2, 0.25) is 0 Å². The Morgan fingerprint density at radius 2 is 1.12 bits per heavy atom. The predicted molar refractivity (Wildman–Crippen MR) is 45.5 cm³/mol. The summed E-state index contributed by atoms with van der Waals surface area (Å²) in [6, 6.07) is 0. The summed E-state index contributed by atoms with van der Waals surface area (Å²) in [5, 5.41) is -1.90. The van der Waals surface area contributed by atoms with Gasteiger partial charge in [0.05, 0.1) is 0 Å². The van der Waals surface area contributed by atoms with E-state index in [1.807, 2.05) is 0 Å². The maximum Gasteiger partial charge on any atom is 0.327 e. The molecule has 17 heavy (non-hydrogen) atoms. The molecule has 0 N–H and O–H groups in total. The van der Waals surface area contributed by atoms with E-state index >= 15 is 0 Å². The Balaban J connectivity index is 4.73. The van der Waals surface area contributed by atoms with E-state index in [-0.39, 0.29) is 0 Å². The van der Waals surface area contributed by atoms with Gasteiger partial charge in [-0.15, -0.1) is 0 Å². The van der Waals surface area contributed by atoms with Crippen LogP contribution in [0, 0.1) is 0 Å². The van der Waals surface area contributed by atoms with Crippen LogP contribution in [-0.4, -0.2) is 21.9 Å². The fourth-order valence-electron chi connectivity index (χ4n) is 0.452. The Morgan fingerprint density at radius 1 is 0.824 bits per heavy atom. The number of halogens is 4. The molecular formula is C5H4F4O6S2. The standard InChI is InChI=1S/C5H4F4O6S2/c6-4(7)1-14-16(10,11)3-17(12,13)15-2-5(8)9/h1-2H,3H2. The monoisotopic (exact) mass is 300 g/mol. The summed E-state index contributed by atoms with van der Waals surface area (Å²) in [4.78, 5) is 0. The highest BCUT2D eigenvalue weighted by molar-refractivity contribution is 8.03. The highest BCUT2D eigenvalue weighted by atomic mass is 32.3. The molecule has 0 fully saturated rings. The molecule has 0 atom stereocenters. The molecule has 0 aliphatic rings. The van der Waals surface area contributed by atoms with Gasteiger partial charge in [0.2, 0.25) is 5.08 Å². The molecular weight excluding hydrogens is 296 g/mol. The lowest BCUT2D eigenvalue weighted by molar-refractivity contribution is 0.357. The van der Waals surface area contributed by atoms with E-state index in [9.17, 15) is 34.4 Å². The van der Waals surface area contributed by atoms with Crippen LogP contribution >= 0.6 is 0 Å². The van der Waals surface area contributed by atoms with E-state index in [0.717, 1.165) is 0 Å². The van der Waals surface area contributed by atoms with Gasteiger partial charge >= 0.3 is 32.4 Å². The highest BCUT2D eigenvalue weighted by Gasteiger charge is 2.24. The fraction of sp³-hybridized carbons (Fsp3) is 0.200. The van der Waals surface area contributed by atoms with Crippen molar-refractivity contribution in [3.05, 3.63) is 24.7 Å². The molecule has 0 unspecified atom stereocenters. The van der Waals surface area contributed by atoms with Crippen LogP contribution in [0.4, 0.5) is 17.6 Å². The minimum Gasteiger partial charge on any atom is -0.384 e. The van der Waals surface area contributed by atoms with Gasteiger partial charge in [0.25, 0.3) is 0 Å². The fourth-order valence-corrected chi connectivity index (χ4v) is 2.75. The van der Waals surface area contributed by atoms with Crippen LogP contribution in [0.15, 0.2) is 24.7 Å². The average molecular weight is 300 g/mol. The van der Waals surface area contributed by atoms with Gasteiger partial charge < -0.3 is 8.37 Å². The smallest absolute Gasteiger partial charge is 0.327 e. The molecule has 100 valence electrons. The first-order valence-corrected chi connectivity index (χ1v) is 6.54. The molecule has 0 aromatic heterocycles. The molecule has 0 spiro atoms. The van der Waals surface area contributed by atoms with Crippen LogP contribution in [0.1, 0.15) is 0 Å². The Bertz CT molecular complexity index is 463. The molecule has 0 rings (SSSR count). The second kappa shape index (κ2) is 5.86. The van der Waals surface area contributed by atoms with E-state index in [4.69, 9.17) is 0 Å². The van der Waals surface area contributed by atoms with Crippen molar-refractivity contribution in [2.45, 2.75) is 0 Å². The molecule has 0 aliphatic carbocycles. The van der Waals surface area contributed by atoms with Gasteiger partial charge in [-0.25, -0.2) is 0 Å². The second-order valence-electron chi connectivity index (χ2n) is 2.24. The summed E-state index contributed by atoms with van der Waals surface area (Å²) in [6.07, 6.45) is -6.09. The summed E-state index contributed by atoms with van der Waals surface area (Å²) >= 11 is 0. The van der Waals surface area contributed by atoms with Crippen molar-refractivity contribution in [2.24, 2.45) is 0 Å². The lowest BCUT2D eigenvalue weighted by atomic mass is 11.1. The Morgan fingerprint density at radius 3 is 1.35 bits per heavy atom. The molecule has 0 bridgehead atoms. The summed E-state index contributed by atoms with van der Waals surface area (Å²) in [5.41, 5.74) is 0. The molecule has 0 aliphatic heterocycles. The molecule has 0 amide bonds. The van der Waals surface area contributed by atoms with Crippen molar-refractivity contribution in [3.63, 3.8) is 0 Å². The molecule has 0 aromatic rings. The average Bonchev–Trinajstić information content (AvgIpc) is 2.10. The zero-order valence-electron chi connectivity index (χ0n) is 7.64. The lowest BCUT2D eigenvalue weighted by Gasteiger charge is -2.02. The summed E-state index contributed by atoms with van der Waals surface area (Å²) in [5.74, 6) is 0. The van der Waals surface area contributed by atoms with Gasteiger partial charge in [0.1, 0.15) is 0 Å². The van der Waals surface area contributed by atoms with Crippen LogP contribution < -0.4 is 0 Å². The van der Waals surface area contributed by atoms with Gasteiger partial charge in [0.15, 0.2) is 12.5 Å². The first-order chi connectivity index (χ1) is 7.54. The van der Waals surface area contributed by atoms with E-state index < -0.39 is 50.0 Å². The molecule has 6 nitrogen and oxygen atoms in total. The third-order valence-electron chi connectivity index (χ3n) is 0.856. The zero-order valence-corrected chi connectivity index (χ0v) is 9.27. The predicted octanol–water partition coefficient (Wildman–Crippen LogP) is 1.11. The quantitative estimate of drug-likeness (QED) is 0.415. The third-order valence-corrected chi connectivity index (χ3v) is 3.94. The van der Waals surface area contributed by atoms with Crippen molar-refractivity contribution in [1.82, 2.24) is 0 Å². The van der Waals surface area contributed by atoms with Gasteiger partial charge in [-0.3, -0.25) is 0 Å². The van der Waals surface area contributed by atoms with E-state index in [0.29, 0.717) is 0 Å². The number of hydrogen-bond donors (Lipinski definition) is 0. The molecule has 12 heteroatoms. The Labute approximate surface area is 93.4 Å². The van der Waals surface area contributed by atoms with Crippen molar-refractivity contribution in [2.75, 3.05) is 5.08 Å². The first kappa shape index (κ1) is 15.7. The SMILES string of the molecule is O=S(=O)(CS(=O)(=O)OC=C(F)F)OC=C(F)F. The molecule has 0 aromatic carbocycles. The topological polar surface area (TPSA) is 86.7 Å². The third kappa shape index (κ3) is 8.50. The molecule has 0 saturated heterocycles. The number of hydrogen-bond acceptors (Lipinski definition) is 6. The minimum absolute atomic E-state index is 0.517. The Kier molecular flexibility index (Phi) is 5.41. The maximum absolute atomic E-state index is 11.4. The van der Waals surface area contributed by atoms with Gasteiger partial charge in [-0.1, -0.05) is 0 Å². The van der Waals surface area contributed by atoms with E-state index in [2.05, 4.69) is 8.37 Å². The highest BCUT2D eigenvalue weighted by Crippen LogP contribution is 2.08. The summed E-state index contributed by atoms with van der Waals surface area (Å²) < 4.78 is 95.5. The second-order valence-corrected chi connectivity index (χ2v) is 5.80. The minimum atomic E-state index is -4.93. The molecule has 0 heterocycles. The van der Waals surface area contributed by atoms with E-state index in [1.54, 1.807) is 0 Å². The Hall–Kier alpha value is -1.30. The van der Waals surface area contributed by atoms with Crippen LogP contribution in [-0.2, 0) is 28.6 Å². The van der Waals surface area contributed by atoms with Crippen LogP contribution in [0.25, 0.3) is 0 Å². The first-order valence-electron chi connectivity index (χ1n) is 3.38. The molecule has 0 radical (unpaired) electrons. The van der Waals surface area contributed by atoms with Gasteiger partial charge in [-0.2, -0.15) is 34.4 Å².